The Kier molecular flexibility index (Phi) is 4.36. The molecule has 0 saturated heterocycles. The van der Waals surface area contributed by atoms with E-state index in [1.165, 1.54) is 12.4 Å². The fourth-order valence-electron chi connectivity index (χ4n) is 1.18. The van der Waals surface area contributed by atoms with Gasteiger partial charge in [-0.2, -0.15) is 0 Å². The molecule has 1 aromatic rings. The molecule has 0 aromatic carbocycles. The van der Waals surface area contributed by atoms with Gasteiger partial charge in [-0.15, -0.1) is 0 Å². The number of nitrogens with one attached hydrogen (secondary N) is 1. The molecular weight excluding hydrogens is 234 g/mol. The minimum Gasteiger partial charge on any atom is -0.444 e. The molecule has 6 nitrogen and oxygen atoms in total. The first kappa shape index (κ1) is 14.1. The molecule has 0 spiro atoms. The Bertz CT molecular complexity index is 423. The van der Waals surface area contributed by atoms with Crippen molar-refractivity contribution in [2.75, 3.05) is 0 Å². The smallest absolute Gasteiger partial charge is 0.408 e. The van der Waals surface area contributed by atoms with Gasteiger partial charge in [0.05, 0.1) is 17.6 Å². The summed E-state index contributed by atoms with van der Waals surface area (Å²) in [6.45, 7) is 7.02. The predicted octanol–water partition coefficient (Wildman–Crippen LogP) is 1.55. The van der Waals surface area contributed by atoms with E-state index in [4.69, 9.17) is 4.74 Å². The summed E-state index contributed by atoms with van der Waals surface area (Å²) in [7, 11) is 0. The van der Waals surface area contributed by atoms with Crippen molar-refractivity contribution in [3.63, 3.8) is 0 Å². The van der Waals surface area contributed by atoms with Crippen molar-refractivity contribution in [2.45, 2.75) is 39.3 Å². The number of aromatic nitrogens is 2. The van der Waals surface area contributed by atoms with Crippen LogP contribution in [-0.2, 0) is 9.53 Å². The molecule has 0 aliphatic carbocycles. The summed E-state index contributed by atoms with van der Waals surface area (Å²) < 4.78 is 5.06. The highest BCUT2D eigenvalue weighted by Gasteiger charge is 2.20. The summed E-state index contributed by atoms with van der Waals surface area (Å²) in [5.41, 5.74) is 0.498. The van der Waals surface area contributed by atoms with Crippen molar-refractivity contribution in [3.05, 3.63) is 23.8 Å². The molecule has 1 amide bonds. The molecule has 1 aromatic heterocycles. The SMILES string of the molecule is Cc1cnc(C(C=O)NC(=O)OC(C)(C)C)cn1. The van der Waals surface area contributed by atoms with Crippen LogP contribution < -0.4 is 5.32 Å². The van der Waals surface area contributed by atoms with E-state index in [1.807, 2.05) is 0 Å². The maximum Gasteiger partial charge on any atom is 0.408 e. The van der Waals surface area contributed by atoms with Gasteiger partial charge in [-0.3, -0.25) is 9.97 Å². The number of aryl methyl sites for hydroxylation is 1. The zero-order valence-corrected chi connectivity index (χ0v) is 10.9. The summed E-state index contributed by atoms with van der Waals surface area (Å²) in [6.07, 6.45) is 2.90. The fraction of sp³-hybridized carbons (Fsp3) is 0.500. The largest absolute Gasteiger partial charge is 0.444 e. The van der Waals surface area contributed by atoms with E-state index in [0.717, 1.165) is 5.69 Å². The maximum absolute atomic E-state index is 11.5. The Morgan fingerprint density at radius 2 is 2.06 bits per heavy atom. The Hall–Kier alpha value is -1.98. The third-order valence-electron chi connectivity index (χ3n) is 1.93. The lowest BCUT2D eigenvalue weighted by atomic mass is 10.2. The molecule has 6 heteroatoms. The Balaban J connectivity index is 2.71. The van der Waals surface area contributed by atoms with Gasteiger partial charge in [0.1, 0.15) is 17.9 Å². The number of hydrogen-bond acceptors (Lipinski definition) is 5. The van der Waals surface area contributed by atoms with Crippen LogP contribution in [0.5, 0.6) is 0 Å². The van der Waals surface area contributed by atoms with Gasteiger partial charge in [0.2, 0.25) is 0 Å². The van der Waals surface area contributed by atoms with Crippen molar-refractivity contribution in [3.8, 4) is 0 Å². The molecule has 1 unspecified atom stereocenters. The van der Waals surface area contributed by atoms with E-state index < -0.39 is 17.7 Å². The number of rotatable bonds is 3. The molecule has 1 N–H and O–H groups in total. The van der Waals surface area contributed by atoms with Crippen LogP contribution in [0.2, 0.25) is 0 Å². The molecule has 1 atom stereocenters. The van der Waals surface area contributed by atoms with Crippen LogP contribution in [0, 0.1) is 6.92 Å². The molecule has 0 radical (unpaired) electrons. The van der Waals surface area contributed by atoms with E-state index in [-0.39, 0.29) is 0 Å². The summed E-state index contributed by atoms with van der Waals surface area (Å²) in [5.74, 6) is 0. The van der Waals surface area contributed by atoms with Crippen molar-refractivity contribution in [2.24, 2.45) is 0 Å². The molecule has 0 aliphatic rings. The first-order valence-electron chi connectivity index (χ1n) is 5.55. The van der Waals surface area contributed by atoms with Crippen LogP contribution in [0.4, 0.5) is 4.79 Å². The minimum atomic E-state index is -0.854. The Labute approximate surface area is 106 Å². The van der Waals surface area contributed by atoms with Gasteiger partial charge in [0.25, 0.3) is 0 Å². The van der Waals surface area contributed by atoms with Gasteiger partial charge in [-0.05, 0) is 27.7 Å². The van der Waals surface area contributed by atoms with Crippen molar-refractivity contribution < 1.29 is 14.3 Å². The number of carbonyl (C=O) groups is 2. The summed E-state index contributed by atoms with van der Waals surface area (Å²) in [5, 5.41) is 2.43. The van der Waals surface area contributed by atoms with E-state index in [2.05, 4.69) is 15.3 Å². The highest BCUT2D eigenvalue weighted by molar-refractivity contribution is 5.74. The number of aldehydes is 1. The molecule has 98 valence electrons. The maximum atomic E-state index is 11.5. The molecule has 1 rings (SSSR count). The zero-order valence-electron chi connectivity index (χ0n) is 10.9. The number of carbonyl (C=O) groups excluding carboxylic acids is 2. The third-order valence-corrected chi connectivity index (χ3v) is 1.93. The van der Waals surface area contributed by atoms with Gasteiger partial charge in [0.15, 0.2) is 0 Å². The number of ether oxygens (including phenoxy) is 1. The van der Waals surface area contributed by atoms with Crippen molar-refractivity contribution >= 4 is 12.4 Å². The molecule has 0 aliphatic heterocycles. The van der Waals surface area contributed by atoms with Crippen molar-refractivity contribution in [1.82, 2.24) is 15.3 Å². The van der Waals surface area contributed by atoms with E-state index in [0.29, 0.717) is 12.0 Å². The summed E-state index contributed by atoms with van der Waals surface area (Å²) in [6, 6.07) is -0.854. The van der Waals surface area contributed by atoms with E-state index in [9.17, 15) is 9.59 Å². The van der Waals surface area contributed by atoms with Gasteiger partial charge in [-0.1, -0.05) is 0 Å². The second kappa shape index (κ2) is 5.57. The Morgan fingerprint density at radius 1 is 1.39 bits per heavy atom. The molecule has 18 heavy (non-hydrogen) atoms. The standard InChI is InChI=1S/C12H17N3O3/c1-8-5-14-9(6-13-8)10(7-16)15-11(17)18-12(2,3)4/h5-7,10H,1-4H3,(H,15,17). The van der Waals surface area contributed by atoms with Crippen LogP contribution in [0.25, 0.3) is 0 Å². The lowest BCUT2D eigenvalue weighted by molar-refractivity contribution is -0.109. The molecule has 1 heterocycles. The van der Waals surface area contributed by atoms with E-state index in [1.54, 1.807) is 27.7 Å². The number of alkyl carbamates (subject to hydrolysis) is 1. The van der Waals surface area contributed by atoms with Crippen LogP contribution in [0.1, 0.15) is 38.2 Å². The van der Waals surface area contributed by atoms with Crippen molar-refractivity contribution in [1.29, 1.82) is 0 Å². The van der Waals surface area contributed by atoms with Crippen LogP contribution in [0.3, 0.4) is 0 Å². The predicted molar refractivity (Wildman–Crippen MR) is 64.9 cm³/mol. The topological polar surface area (TPSA) is 81.2 Å². The highest BCUT2D eigenvalue weighted by Crippen LogP contribution is 2.10. The molecule has 0 fully saturated rings. The molecular formula is C12H17N3O3. The first-order valence-corrected chi connectivity index (χ1v) is 5.55. The van der Waals surface area contributed by atoms with Gasteiger partial charge >= 0.3 is 6.09 Å². The van der Waals surface area contributed by atoms with Crippen LogP contribution >= 0.6 is 0 Å². The monoisotopic (exact) mass is 251 g/mol. The minimum absolute atomic E-state index is 0.376. The van der Waals surface area contributed by atoms with E-state index >= 15 is 0 Å². The first-order chi connectivity index (χ1) is 8.31. The molecule has 0 bridgehead atoms. The number of nitrogens with zero attached hydrogens (tertiary/aromatic N) is 2. The quantitative estimate of drug-likeness (QED) is 0.824. The van der Waals surface area contributed by atoms with Crippen LogP contribution in [-0.4, -0.2) is 27.9 Å². The van der Waals surface area contributed by atoms with Gasteiger partial charge < -0.3 is 14.8 Å². The Morgan fingerprint density at radius 3 is 2.50 bits per heavy atom. The van der Waals surface area contributed by atoms with Crippen LogP contribution in [0.15, 0.2) is 12.4 Å². The number of amides is 1. The summed E-state index contributed by atoms with van der Waals surface area (Å²) >= 11 is 0. The summed E-state index contributed by atoms with van der Waals surface area (Å²) in [4.78, 5) is 30.5. The fourth-order valence-corrected chi connectivity index (χ4v) is 1.18. The lowest BCUT2D eigenvalue weighted by Gasteiger charge is -2.21. The normalized spacial score (nSPS) is 12.7. The lowest BCUT2D eigenvalue weighted by Crippen LogP contribution is -2.35. The second-order valence-electron chi connectivity index (χ2n) is 4.84. The zero-order chi connectivity index (χ0) is 13.8. The third kappa shape index (κ3) is 4.48. The second-order valence-corrected chi connectivity index (χ2v) is 4.84. The average Bonchev–Trinajstić information content (AvgIpc) is 2.25. The van der Waals surface area contributed by atoms with Gasteiger partial charge in [0, 0.05) is 6.20 Å². The highest BCUT2D eigenvalue weighted by atomic mass is 16.6. The molecule has 0 saturated carbocycles. The van der Waals surface area contributed by atoms with Gasteiger partial charge in [-0.25, -0.2) is 4.79 Å². The number of hydrogen-bond donors (Lipinski definition) is 1. The average molecular weight is 251 g/mol.